The van der Waals surface area contributed by atoms with Crippen LogP contribution in [0.25, 0.3) is 22.3 Å². The van der Waals surface area contributed by atoms with Crippen molar-refractivity contribution in [3.63, 3.8) is 0 Å². The Morgan fingerprint density at radius 2 is 0.909 bits per heavy atom. The van der Waals surface area contributed by atoms with E-state index in [2.05, 4.69) is 86.4 Å². The zero-order valence-electron chi connectivity index (χ0n) is 20.3. The van der Waals surface area contributed by atoms with E-state index in [4.69, 9.17) is 12.8 Å². The standard InChI is InChI=1S/C28H22.2C2H6.CH4/c1-5-15-27(3)23-13-9-7-11-19(23)21-18-26-22(17-25(21)27)20-12-8-10-14-24(20)28(26,4)16-6-2;2*1-2;/h1-2,7-14,17-18H,15-16H2,3-4H3;2*1-2H3;1H4. The highest BCUT2D eigenvalue weighted by molar-refractivity contribution is 5.89. The van der Waals surface area contributed by atoms with Gasteiger partial charge in [0.1, 0.15) is 0 Å². The summed E-state index contributed by atoms with van der Waals surface area (Å²) < 4.78 is 0. The molecule has 2 aliphatic carbocycles. The summed E-state index contributed by atoms with van der Waals surface area (Å²) in [5, 5.41) is 0. The van der Waals surface area contributed by atoms with Gasteiger partial charge in [-0.25, -0.2) is 0 Å². The predicted octanol–water partition coefficient (Wildman–Crippen LogP) is 8.99. The number of hydrogen-bond donors (Lipinski definition) is 0. The maximum absolute atomic E-state index is 5.81. The van der Waals surface area contributed by atoms with Crippen LogP contribution in [-0.2, 0) is 10.8 Å². The Bertz CT molecular complexity index is 1120. The van der Waals surface area contributed by atoms with Gasteiger partial charge in [0.2, 0.25) is 0 Å². The molecule has 2 unspecified atom stereocenters. The molecule has 0 aliphatic heterocycles. The highest BCUT2D eigenvalue weighted by atomic mass is 14.5. The molecule has 3 aromatic rings. The Kier molecular flexibility index (Phi) is 8.01. The molecule has 0 spiro atoms. The first-order valence-electron chi connectivity index (χ1n) is 11.8. The van der Waals surface area contributed by atoms with Crippen LogP contribution in [-0.4, -0.2) is 0 Å². The second-order valence-electron chi connectivity index (χ2n) is 8.46. The average Bonchev–Trinajstić information content (AvgIpc) is 3.23. The van der Waals surface area contributed by atoms with Crippen molar-refractivity contribution < 1.29 is 0 Å². The van der Waals surface area contributed by atoms with Gasteiger partial charge in [-0.15, -0.1) is 24.7 Å². The minimum absolute atomic E-state index is 0. The largest absolute Gasteiger partial charge is 0.120 e. The van der Waals surface area contributed by atoms with E-state index >= 15 is 0 Å². The predicted molar refractivity (Wildman–Crippen MR) is 147 cm³/mol. The number of benzene rings is 3. The molecule has 2 aliphatic rings. The third-order valence-corrected chi connectivity index (χ3v) is 6.88. The first-order valence-corrected chi connectivity index (χ1v) is 11.8. The SMILES string of the molecule is C.C#CCC1(C)c2ccccc2-c2cc3c(cc21)-c1ccccc1C3(C)CC#C.CC.CC. The van der Waals surface area contributed by atoms with E-state index in [1.165, 1.54) is 44.5 Å². The van der Waals surface area contributed by atoms with Crippen molar-refractivity contribution in [3.8, 4) is 46.9 Å². The van der Waals surface area contributed by atoms with Gasteiger partial charge >= 0.3 is 0 Å². The second kappa shape index (κ2) is 10.1. The van der Waals surface area contributed by atoms with E-state index in [9.17, 15) is 0 Å². The lowest BCUT2D eigenvalue weighted by molar-refractivity contribution is 0.600. The summed E-state index contributed by atoms with van der Waals surface area (Å²) in [5.74, 6) is 5.86. The summed E-state index contributed by atoms with van der Waals surface area (Å²) in [5.41, 5.74) is 10.2. The molecule has 170 valence electrons. The van der Waals surface area contributed by atoms with E-state index in [-0.39, 0.29) is 18.3 Å². The van der Waals surface area contributed by atoms with Crippen LogP contribution in [0.3, 0.4) is 0 Å². The third-order valence-electron chi connectivity index (χ3n) is 6.88. The monoisotopic (exact) mass is 434 g/mol. The first kappa shape index (κ1) is 26.0. The van der Waals surface area contributed by atoms with Crippen LogP contribution in [0.5, 0.6) is 0 Å². The minimum Gasteiger partial charge on any atom is -0.120 e. The van der Waals surface area contributed by atoms with Crippen LogP contribution >= 0.6 is 0 Å². The summed E-state index contributed by atoms with van der Waals surface area (Å²) in [6, 6.07) is 22.2. The zero-order chi connectivity index (χ0) is 23.5. The molecule has 0 heteroatoms. The second-order valence-corrected chi connectivity index (χ2v) is 8.46. The van der Waals surface area contributed by atoms with E-state index in [0.717, 1.165) is 0 Å². The molecule has 0 bridgehead atoms. The van der Waals surface area contributed by atoms with Crippen LogP contribution < -0.4 is 0 Å². The van der Waals surface area contributed by atoms with Crippen LogP contribution in [0.15, 0.2) is 60.7 Å². The summed E-state index contributed by atoms with van der Waals surface area (Å²) in [7, 11) is 0. The van der Waals surface area contributed by atoms with Gasteiger partial charge in [0.05, 0.1) is 0 Å². The molecular weight excluding hydrogens is 396 g/mol. The van der Waals surface area contributed by atoms with Gasteiger partial charge in [0.15, 0.2) is 0 Å². The first-order chi connectivity index (χ1) is 15.5. The summed E-state index contributed by atoms with van der Waals surface area (Å²) in [4.78, 5) is 0. The van der Waals surface area contributed by atoms with E-state index in [1.54, 1.807) is 0 Å². The number of terminal acetylenes is 2. The fourth-order valence-corrected chi connectivity index (χ4v) is 5.44. The fraction of sp³-hybridized carbons (Fsp3) is 0.333. The molecule has 0 saturated carbocycles. The van der Waals surface area contributed by atoms with E-state index < -0.39 is 0 Å². The summed E-state index contributed by atoms with van der Waals surface area (Å²) >= 11 is 0. The van der Waals surface area contributed by atoms with Crippen LogP contribution in [0.2, 0.25) is 0 Å². The van der Waals surface area contributed by atoms with Crippen molar-refractivity contribution in [3.05, 3.63) is 82.9 Å². The molecule has 0 saturated heterocycles. The minimum atomic E-state index is -0.157. The molecule has 0 amide bonds. The molecule has 0 radical (unpaired) electrons. The normalized spacial score (nSPS) is 20.0. The lowest BCUT2D eigenvalue weighted by Crippen LogP contribution is -2.21. The van der Waals surface area contributed by atoms with Crippen LogP contribution in [0.1, 0.15) is 84.1 Å². The maximum atomic E-state index is 5.81. The molecule has 3 aromatic carbocycles. The zero-order valence-corrected chi connectivity index (χ0v) is 20.3. The van der Waals surface area contributed by atoms with Gasteiger partial charge in [0.25, 0.3) is 0 Å². The molecule has 2 atom stereocenters. The quantitative estimate of drug-likeness (QED) is 0.353. The van der Waals surface area contributed by atoms with Gasteiger partial charge in [0, 0.05) is 23.7 Å². The molecule has 5 rings (SSSR count). The van der Waals surface area contributed by atoms with Crippen molar-refractivity contribution in [2.45, 2.75) is 72.6 Å². The van der Waals surface area contributed by atoms with Gasteiger partial charge in [-0.1, -0.05) is 97.5 Å². The van der Waals surface area contributed by atoms with Crippen molar-refractivity contribution in [2.75, 3.05) is 0 Å². The smallest absolute Gasteiger partial charge is 0.0296 e. The van der Waals surface area contributed by atoms with Crippen molar-refractivity contribution in [1.82, 2.24) is 0 Å². The average molecular weight is 435 g/mol. The van der Waals surface area contributed by atoms with Crippen molar-refractivity contribution >= 4 is 0 Å². The van der Waals surface area contributed by atoms with Crippen LogP contribution in [0.4, 0.5) is 0 Å². The van der Waals surface area contributed by atoms with E-state index in [0.29, 0.717) is 12.8 Å². The van der Waals surface area contributed by atoms with Gasteiger partial charge in [-0.2, -0.15) is 0 Å². The Morgan fingerprint density at radius 3 is 1.24 bits per heavy atom. The topological polar surface area (TPSA) is 0 Å². The molecule has 33 heavy (non-hydrogen) atoms. The lowest BCUT2D eigenvalue weighted by Gasteiger charge is -2.27. The molecule has 0 aromatic heterocycles. The number of hydrogen-bond acceptors (Lipinski definition) is 0. The molecular formula is C33H38. The summed E-state index contributed by atoms with van der Waals surface area (Å²) in [6.07, 6.45) is 13.0. The Hall–Kier alpha value is -3.22. The highest BCUT2D eigenvalue weighted by Gasteiger charge is 2.44. The molecule has 0 N–H and O–H groups in total. The van der Waals surface area contributed by atoms with Crippen LogP contribution in [0, 0.1) is 24.7 Å². The van der Waals surface area contributed by atoms with Crippen molar-refractivity contribution in [2.24, 2.45) is 0 Å². The highest BCUT2D eigenvalue weighted by Crippen LogP contribution is 2.57. The molecule has 0 heterocycles. The lowest BCUT2D eigenvalue weighted by atomic mass is 9.75. The van der Waals surface area contributed by atoms with Crippen molar-refractivity contribution in [1.29, 1.82) is 0 Å². The van der Waals surface area contributed by atoms with Gasteiger partial charge < -0.3 is 0 Å². The molecule has 0 fully saturated rings. The number of rotatable bonds is 2. The van der Waals surface area contributed by atoms with E-state index in [1.807, 2.05) is 27.7 Å². The van der Waals surface area contributed by atoms with Gasteiger partial charge in [-0.3, -0.25) is 0 Å². The Morgan fingerprint density at radius 1 is 0.576 bits per heavy atom. The third kappa shape index (κ3) is 3.69. The van der Waals surface area contributed by atoms with Gasteiger partial charge in [-0.05, 0) is 56.6 Å². The molecule has 0 nitrogen and oxygen atoms in total. The Balaban J connectivity index is 0.000000733. The fourth-order valence-electron chi connectivity index (χ4n) is 5.44. The Labute approximate surface area is 202 Å². The number of fused-ring (bicyclic) bond motifs is 6. The summed E-state index contributed by atoms with van der Waals surface area (Å²) in [6.45, 7) is 12.6. The maximum Gasteiger partial charge on any atom is 0.0296 e.